The summed E-state index contributed by atoms with van der Waals surface area (Å²) in [5, 5.41) is 23.2. The van der Waals surface area contributed by atoms with Gasteiger partial charge in [0.05, 0.1) is 6.04 Å². The van der Waals surface area contributed by atoms with Crippen molar-refractivity contribution in [2.75, 3.05) is 7.05 Å². The second-order valence-electron chi connectivity index (χ2n) is 5.11. The van der Waals surface area contributed by atoms with Gasteiger partial charge in [-0.1, -0.05) is 12.1 Å². The van der Waals surface area contributed by atoms with Crippen molar-refractivity contribution in [2.24, 2.45) is 5.73 Å². The summed E-state index contributed by atoms with van der Waals surface area (Å²) in [5.41, 5.74) is 6.01. The van der Waals surface area contributed by atoms with Gasteiger partial charge in [-0.2, -0.15) is 0 Å². The molecule has 0 fully saturated rings. The molecule has 0 spiro atoms. The summed E-state index contributed by atoms with van der Waals surface area (Å²) in [6.07, 6.45) is 0.00907. The third kappa shape index (κ3) is 6.35. The SMILES string of the molecule is CNC(Cc1ccc(O)cc1)C(=O)NC(CCC(=O)O)C(N)=O. The van der Waals surface area contributed by atoms with E-state index in [9.17, 15) is 19.5 Å². The number of rotatable bonds is 9. The van der Waals surface area contributed by atoms with Crippen molar-refractivity contribution in [1.82, 2.24) is 10.6 Å². The Morgan fingerprint density at radius 1 is 1.17 bits per heavy atom. The predicted molar refractivity (Wildman–Crippen MR) is 82.7 cm³/mol. The highest BCUT2D eigenvalue weighted by atomic mass is 16.4. The van der Waals surface area contributed by atoms with Crippen LogP contribution in [0.2, 0.25) is 0 Å². The van der Waals surface area contributed by atoms with E-state index in [1.54, 1.807) is 19.2 Å². The van der Waals surface area contributed by atoms with Crippen LogP contribution in [0.25, 0.3) is 0 Å². The topological polar surface area (TPSA) is 142 Å². The molecule has 2 atom stereocenters. The molecule has 2 amide bonds. The Hall–Kier alpha value is -2.61. The highest BCUT2D eigenvalue weighted by Gasteiger charge is 2.24. The minimum absolute atomic E-state index is 0.0634. The molecule has 1 rings (SSSR count). The van der Waals surface area contributed by atoms with E-state index in [1.807, 2.05) is 0 Å². The summed E-state index contributed by atoms with van der Waals surface area (Å²) < 4.78 is 0. The van der Waals surface area contributed by atoms with E-state index in [4.69, 9.17) is 10.8 Å². The van der Waals surface area contributed by atoms with Gasteiger partial charge in [0.2, 0.25) is 11.8 Å². The van der Waals surface area contributed by atoms with Crippen molar-refractivity contribution in [3.05, 3.63) is 29.8 Å². The van der Waals surface area contributed by atoms with Gasteiger partial charge in [-0.05, 0) is 37.6 Å². The molecule has 0 bridgehead atoms. The number of carboxylic acids is 1. The molecule has 0 radical (unpaired) electrons. The molecule has 1 aromatic rings. The lowest BCUT2D eigenvalue weighted by Gasteiger charge is -2.20. The van der Waals surface area contributed by atoms with Gasteiger partial charge < -0.3 is 26.6 Å². The lowest BCUT2D eigenvalue weighted by Crippen LogP contribution is -2.52. The third-order valence-electron chi connectivity index (χ3n) is 3.35. The van der Waals surface area contributed by atoms with Crippen LogP contribution in [0.3, 0.4) is 0 Å². The quantitative estimate of drug-likeness (QED) is 0.409. The molecule has 8 nitrogen and oxygen atoms in total. The Bertz CT molecular complexity index is 559. The number of primary amides is 1. The van der Waals surface area contributed by atoms with E-state index in [2.05, 4.69) is 10.6 Å². The molecule has 126 valence electrons. The molecule has 8 heteroatoms. The normalized spacial score (nSPS) is 13.1. The Labute approximate surface area is 133 Å². The van der Waals surface area contributed by atoms with Crippen LogP contribution >= 0.6 is 0 Å². The first-order valence-electron chi connectivity index (χ1n) is 7.10. The zero-order valence-electron chi connectivity index (χ0n) is 12.8. The molecule has 0 heterocycles. The predicted octanol–water partition coefficient (Wildman–Crippen LogP) is -0.642. The van der Waals surface area contributed by atoms with Crippen LogP contribution in [0.5, 0.6) is 5.75 Å². The summed E-state index contributed by atoms with van der Waals surface area (Å²) >= 11 is 0. The fourth-order valence-corrected chi connectivity index (χ4v) is 2.02. The van der Waals surface area contributed by atoms with Gasteiger partial charge in [-0.15, -0.1) is 0 Å². The molecule has 0 aliphatic heterocycles. The second kappa shape index (κ2) is 8.74. The molecular formula is C15H21N3O5. The second-order valence-corrected chi connectivity index (χ2v) is 5.11. The van der Waals surface area contributed by atoms with Crippen LogP contribution in [-0.4, -0.2) is 47.1 Å². The van der Waals surface area contributed by atoms with Crippen molar-refractivity contribution in [3.63, 3.8) is 0 Å². The average Bonchev–Trinajstić information content (AvgIpc) is 2.50. The van der Waals surface area contributed by atoms with Crippen molar-refractivity contribution in [3.8, 4) is 5.75 Å². The number of nitrogens with two attached hydrogens (primary N) is 1. The minimum Gasteiger partial charge on any atom is -0.508 e. The van der Waals surface area contributed by atoms with Gasteiger partial charge in [0.1, 0.15) is 11.8 Å². The molecule has 0 aliphatic carbocycles. The zero-order valence-corrected chi connectivity index (χ0v) is 12.8. The lowest BCUT2D eigenvalue weighted by molar-refractivity contribution is -0.137. The van der Waals surface area contributed by atoms with E-state index in [-0.39, 0.29) is 18.6 Å². The van der Waals surface area contributed by atoms with Crippen LogP contribution in [0.4, 0.5) is 0 Å². The van der Waals surface area contributed by atoms with E-state index in [0.717, 1.165) is 5.56 Å². The molecular weight excluding hydrogens is 302 g/mol. The highest BCUT2D eigenvalue weighted by molar-refractivity contribution is 5.89. The molecule has 2 unspecified atom stereocenters. The van der Waals surface area contributed by atoms with Crippen molar-refractivity contribution in [1.29, 1.82) is 0 Å². The molecule has 1 aromatic carbocycles. The number of phenols is 1. The molecule has 0 saturated carbocycles. The number of phenolic OH excluding ortho intramolecular Hbond substituents is 1. The standard InChI is InChI=1S/C15H21N3O5/c1-17-12(8-9-2-4-10(19)5-3-9)15(23)18-11(14(16)22)6-7-13(20)21/h2-5,11-12,17,19H,6-8H2,1H3,(H2,16,22)(H,18,23)(H,20,21). The fraction of sp³-hybridized carbons (Fsp3) is 0.400. The number of carbonyl (C=O) groups is 3. The zero-order chi connectivity index (χ0) is 17.4. The van der Waals surface area contributed by atoms with Gasteiger partial charge >= 0.3 is 5.97 Å². The van der Waals surface area contributed by atoms with Crippen molar-refractivity contribution in [2.45, 2.75) is 31.3 Å². The smallest absolute Gasteiger partial charge is 0.303 e. The lowest BCUT2D eigenvalue weighted by atomic mass is 10.0. The van der Waals surface area contributed by atoms with Crippen LogP contribution < -0.4 is 16.4 Å². The summed E-state index contributed by atoms with van der Waals surface area (Å²) in [4.78, 5) is 34.1. The Morgan fingerprint density at radius 2 is 1.78 bits per heavy atom. The van der Waals surface area contributed by atoms with Gasteiger partial charge in [-0.25, -0.2) is 0 Å². The van der Waals surface area contributed by atoms with Crippen LogP contribution in [0.1, 0.15) is 18.4 Å². The number of hydrogen-bond acceptors (Lipinski definition) is 5. The van der Waals surface area contributed by atoms with Crippen LogP contribution in [-0.2, 0) is 20.8 Å². The summed E-state index contributed by atoms with van der Waals surface area (Å²) in [6.45, 7) is 0. The van der Waals surface area contributed by atoms with Crippen LogP contribution in [0.15, 0.2) is 24.3 Å². The number of carboxylic acid groups (broad SMARTS) is 1. The summed E-state index contributed by atoms with van der Waals surface area (Å²) in [5.74, 6) is -2.17. The molecule has 6 N–H and O–H groups in total. The third-order valence-corrected chi connectivity index (χ3v) is 3.35. The minimum atomic E-state index is -1.07. The fourth-order valence-electron chi connectivity index (χ4n) is 2.02. The largest absolute Gasteiger partial charge is 0.508 e. The van der Waals surface area contributed by atoms with E-state index >= 15 is 0 Å². The van der Waals surface area contributed by atoms with Gasteiger partial charge in [-0.3, -0.25) is 14.4 Å². The number of benzene rings is 1. The van der Waals surface area contributed by atoms with Crippen molar-refractivity contribution < 1.29 is 24.6 Å². The highest BCUT2D eigenvalue weighted by Crippen LogP contribution is 2.11. The number of hydrogen-bond donors (Lipinski definition) is 5. The molecule has 0 aliphatic rings. The first-order chi connectivity index (χ1) is 10.8. The molecule has 23 heavy (non-hydrogen) atoms. The first-order valence-corrected chi connectivity index (χ1v) is 7.10. The maximum absolute atomic E-state index is 12.2. The first kappa shape index (κ1) is 18.4. The van der Waals surface area contributed by atoms with E-state index in [1.165, 1.54) is 12.1 Å². The summed E-state index contributed by atoms with van der Waals surface area (Å²) in [6, 6.07) is 4.74. The monoisotopic (exact) mass is 323 g/mol. The van der Waals surface area contributed by atoms with E-state index in [0.29, 0.717) is 6.42 Å². The van der Waals surface area contributed by atoms with Crippen molar-refractivity contribution >= 4 is 17.8 Å². The van der Waals surface area contributed by atoms with Gasteiger partial charge in [0.25, 0.3) is 0 Å². The number of amides is 2. The Kier molecular flexibility index (Phi) is 7.01. The molecule has 0 aromatic heterocycles. The summed E-state index contributed by atoms with van der Waals surface area (Å²) in [7, 11) is 1.60. The maximum atomic E-state index is 12.2. The van der Waals surface area contributed by atoms with Gasteiger partial charge in [0.15, 0.2) is 0 Å². The Morgan fingerprint density at radius 3 is 2.26 bits per heavy atom. The van der Waals surface area contributed by atoms with Gasteiger partial charge in [0, 0.05) is 6.42 Å². The number of carbonyl (C=O) groups excluding carboxylic acids is 2. The number of likely N-dealkylation sites (N-methyl/N-ethyl adjacent to an activating group) is 1. The number of aliphatic carboxylic acids is 1. The maximum Gasteiger partial charge on any atom is 0.303 e. The number of aromatic hydroxyl groups is 1. The van der Waals surface area contributed by atoms with E-state index < -0.39 is 29.9 Å². The Balaban J connectivity index is 2.68. The average molecular weight is 323 g/mol. The van der Waals surface area contributed by atoms with Crippen LogP contribution in [0, 0.1) is 0 Å². The molecule has 0 saturated heterocycles. The number of nitrogens with one attached hydrogen (secondary N) is 2.